The third-order valence-electron chi connectivity index (χ3n) is 4.44. The van der Waals surface area contributed by atoms with Crippen molar-refractivity contribution >= 4 is 5.65 Å². The van der Waals surface area contributed by atoms with Crippen molar-refractivity contribution in [2.24, 2.45) is 0 Å². The van der Waals surface area contributed by atoms with Gasteiger partial charge in [0.05, 0.1) is 18.9 Å². The Morgan fingerprint density at radius 3 is 2.61 bits per heavy atom. The summed E-state index contributed by atoms with van der Waals surface area (Å²) in [6.07, 6.45) is 4.14. The minimum Gasteiger partial charge on any atom is -0.379 e. The molecule has 4 heteroatoms. The van der Waals surface area contributed by atoms with Gasteiger partial charge in [-0.05, 0) is 24.1 Å². The number of nitrogens with zero attached hydrogens (tertiary/aromatic N) is 3. The number of morpholine rings is 1. The molecule has 23 heavy (non-hydrogen) atoms. The van der Waals surface area contributed by atoms with Crippen LogP contribution in [0.25, 0.3) is 16.9 Å². The molecule has 0 saturated carbocycles. The van der Waals surface area contributed by atoms with E-state index in [1.165, 1.54) is 16.7 Å². The molecule has 0 atom stereocenters. The lowest BCUT2D eigenvalue weighted by Crippen LogP contribution is -2.35. The Balaban J connectivity index is 1.55. The molecule has 0 radical (unpaired) electrons. The van der Waals surface area contributed by atoms with Crippen LogP contribution in [0.5, 0.6) is 0 Å². The number of aryl methyl sites for hydroxylation is 1. The molecule has 0 bridgehead atoms. The standard InChI is InChI=1S/C19H21N3O/c1-15-3-2-8-22-14-18(20-19(15)22)17-6-4-16(5-7-17)13-21-9-11-23-12-10-21/h2-8,14H,9-13H2,1H3. The predicted octanol–water partition coefficient (Wildman–Crippen LogP) is 3.14. The van der Waals surface area contributed by atoms with Crippen LogP contribution in [-0.2, 0) is 11.3 Å². The number of aromatic nitrogens is 2. The highest BCUT2D eigenvalue weighted by atomic mass is 16.5. The van der Waals surface area contributed by atoms with Crippen molar-refractivity contribution in [1.82, 2.24) is 14.3 Å². The molecule has 0 unspecified atom stereocenters. The van der Waals surface area contributed by atoms with Crippen LogP contribution in [-0.4, -0.2) is 40.6 Å². The van der Waals surface area contributed by atoms with Crippen LogP contribution in [0.3, 0.4) is 0 Å². The molecule has 0 spiro atoms. The van der Waals surface area contributed by atoms with E-state index in [4.69, 9.17) is 9.72 Å². The summed E-state index contributed by atoms with van der Waals surface area (Å²) in [4.78, 5) is 7.20. The van der Waals surface area contributed by atoms with Crippen molar-refractivity contribution in [1.29, 1.82) is 0 Å². The molecule has 4 nitrogen and oxygen atoms in total. The Hall–Kier alpha value is -2.17. The van der Waals surface area contributed by atoms with Crippen molar-refractivity contribution in [2.75, 3.05) is 26.3 Å². The molecule has 0 amide bonds. The molecule has 3 aromatic rings. The van der Waals surface area contributed by atoms with Gasteiger partial charge in [0.25, 0.3) is 0 Å². The average Bonchev–Trinajstić information content (AvgIpc) is 3.02. The van der Waals surface area contributed by atoms with Gasteiger partial charge < -0.3 is 9.14 Å². The van der Waals surface area contributed by atoms with E-state index in [2.05, 4.69) is 58.8 Å². The van der Waals surface area contributed by atoms with Crippen molar-refractivity contribution in [3.05, 3.63) is 59.9 Å². The fraction of sp³-hybridized carbons (Fsp3) is 0.316. The highest BCUT2D eigenvalue weighted by Crippen LogP contribution is 2.21. The van der Waals surface area contributed by atoms with E-state index < -0.39 is 0 Å². The minimum atomic E-state index is 0.846. The van der Waals surface area contributed by atoms with E-state index in [1.807, 2.05) is 6.20 Å². The number of benzene rings is 1. The van der Waals surface area contributed by atoms with Crippen LogP contribution < -0.4 is 0 Å². The number of imidazole rings is 1. The van der Waals surface area contributed by atoms with Crippen LogP contribution in [0.4, 0.5) is 0 Å². The minimum absolute atomic E-state index is 0.846. The van der Waals surface area contributed by atoms with Crippen LogP contribution in [0.1, 0.15) is 11.1 Å². The first-order valence-electron chi connectivity index (χ1n) is 8.13. The normalized spacial score (nSPS) is 16.0. The summed E-state index contributed by atoms with van der Waals surface area (Å²) >= 11 is 0. The van der Waals surface area contributed by atoms with Crippen molar-refractivity contribution in [3.8, 4) is 11.3 Å². The zero-order valence-corrected chi connectivity index (χ0v) is 13.4. The van der Waals surface area contributed by atoms with Gasteiger partial charge in [-0.25, -0.2) is 4.98 Å². The van der Waals surface area contributed by atoms with E-state index in [1.54, 1.807) is 0 Å². The highest BCUT2D eigenvalue weighted by molar-refractivity contribution is 5.64. The summed E-state index contributed by atoms with van der Waals surface area (Å²) in [6.45, 7) is 6.82. The Morgan fingerprint density at radius 1 is 1.09 bits per heavy atom. The van der Waals surface area contributed by atoms with E-state index in [-0.39, 0.29) is 0 Å². The summed E-state index contributed by atoms with van der Waals surface area (Å²) in [5.41, 5.74) is 5.76. The third-order valence-corrected chi connectivity index (χ3v) is 4.44. The Kier molecular flexibility index (Phi) is 3.85. The number of hydrogen-bond acceptors (Lipinski definition) is 3. The lowest BCUT2D eigenvalue weighted by Gasteiger charge is -2.26. The molecule has 1 aromatic carbocycles. The molecule has 118 valence electrons. The molecule has 1 aliphatic rings. The van der Waals surface area contributed by atoms with Crippen molar-refractivity contribution in [3.63, 3.8) is 0 Å². The zero-order chi connectivity index (χ0) is 15.6. The maximum absolute atomic E-state index is 5.40. The molecule has 0 aliphatic carbocycles. The molecule has 3 heterocycles. The SMILES string of the molecule is Cc1cccn2cc(-c3ccc(CN4CCOCC4)cc3)nc12. The molecule has 0 N–H and O–H groups in total. The molecular formula is C19H21N3O. The maximum Gasteiger partial charge on any atom is 0.140 e. The smallest absolute Gasteiger partial charge is 0.140 e. The summed E-state index contributed by atoms with van der Waals surface area (Å²) < 4.78 is 7.49. The molecular weight excluding hydrogens is 286 g/mol. The number of fused-ring (bicyclic) bond motifs is 1. The van der Waals surface area contributed by atoms with Gasteiger partial charge in [-0.15, -0.1) is 0 Å². The highest BCUT2D eigenvalue weighted by Gasteiger charge is 2.11. The summed E-state index contributed by atoms with van der Waals surface area (Å²) in [7, 11) is 0. The second-order valence-electron chi connectivity index (χ2n) is 6.13. The van der Waals surface area contributed by atoms with Gasteiger partial charge in [0.1, 0.15) is 5.65 Å². The van der Waals surface area contributed by atoms with E-state index in [9.17, 15) is 0 Å². The third kappa shape index (κ3) is 3.00. The predicted molar refractivity (Wildman–Crippen MR) is 91.5 cm³/mol. The van der Waals surface area contributed by atoms with E-state index >= 15 is 0 Å². The van der Waals surface area contributed by atoms with Gasteiger partial charge in [0, 0.05) is 37.6 Å². The largest absolute Gasteiger partial charge is 0.379 e. The molecule has 4 rings (SSSR count). The molecule has 2 aromatic heterocycles. The van der Waals surface area contributed by atoms with Gasteiger partial charge in [0.15, 0.2) is 0 Å². The van der Waals surface area contributed by atoms with Crippen molar-refractivity contribution in [2.45, 2.75) is 13.5 Å². The zero-order valence-electron chi connectivity index (χ0n) is 13.4. The number of pyridine rings is 1. The maximum atomic E-state index is 5.40. The number of ether oxygens (including phenoxy) is 1. The lowest BCUT2D eigenvalue weighted by molar-refractivity contribution is 0.0342. The first kappa shape index (κ1) is 14.4. The van der Waals surface area contributed by atoms with Gasteiger partial charge in [-0.2, -0.15) is 0 Å². The average molecular weight is 307 g/mol. The fourth-order valence-corrected chi connectivity index (χ4v) is 3.09. The second-order valence-corrected chi connectivity index (χ2v) is 6.13. The van der Waals surface area contributed by atoms with Gasteiger partial charge >= 0.3 is 0 Å². The van der Waals surface area contributed by atoms with E-state index in [0.717, 1.165) is 44.2 Å². The van der Waals surface area contributed by atoms with Gasteiger partial charge in [0.2, 0.25) is 0 Å². The van der Waals surface area contributed by atoms with Gasteiger partial charge in [-0.3, -0.25) is 4.90 Å². The number of hydrogen-bond donors (Lipinski definition) is 0. The quantitative estimate of drug-likeness (QED) is 0.744. The molecule has 1 fully saturated rings. The van der Waals surface area contributed by atoms with Crippen LogP contribution in [0.2, 0.25) is 0 Å². The number of rotatable bonds is 3. The van der Waals surface area contributed by atoms with Crippen LogP contribution in [0, 0.1) is 6.92 Å². The lowest BCUT2D eigenvalue weighted by atomic mass is 10.1. The Morgan fingerprint density at radius 2 is 1.87 bits per heavy atom. The van der Waals surface area contributed by atoms with Crippen LogP contribution in [0.15, 0.2) is 48.8 Å². The Bertz CT molecular complexity index is 801. The van der Waals surface area contributed by atoms with Crippen LogP contribution >= 0.6 is 0 Å². The topological polar surface area (TPSA) is 29.8 Å². The van der Waals surface area contributed by atoms with Gasteiger partial charge in [-0.1, -0.05) is 30.3 Å². The second kappa shape index (κ2) is 6.14. The Labute approximate surface area is 136 Å². The first-order valence-corrected chi connectivity index (χ1v) is 8.13. The molecule has 1 saturated heterocycles. The van der Waals surface area contributed by atoms with E-state index in [0.29, 0.717) is 0 Å². The first-order chi connectivity index (χ1) is 11.3. The summed E-state index contributed by atoms with van der Waals surface area (Å²) in [5.74, 6) is 0. The fourth-order valence-electron chi connectivity index (χ4n) is 3.09. The monoisotopic (exact) mass is 307 g/mol. The summed E-state index contributed by atoms with van der Waals surface area (Å²) in [6, 6.07) is 12.9. The molecule has 1 aliphatic heterocycles. The van der Waals surface area contributed by atoms with Crippen molar-refractivity contribution < 1.29 is 4.74 Å². The summed E-state index contributed by atoms with van der Waals surface area (Å²) in [5, 5.41) is 0.